The Balaban J connectivity index is 2.31. The molecule has 3 nitrogen and oxygen atoms in total. The molecule has 0 bridgehead atoms. The normalized spacial score (nSPS) is 19.8. The summed E-state index contributed by atoms with van der Waals surface area (Å²) in [4.78, 5) is 14.2. The van der Waals surface area contributed by atoms with E-state index >= 15 is 0 Å². The van der Waals surface area contributed by atoms with Crippen LogP contribution in [-0.4, -0.2) is 23.4 Å². The number of nitrogens with zero attached hydrogens (tertiary/aromatic N) is 1. The number of benzene rings is 1. The molecule has 1 aromatic rings. The fourth-order valence-electron chi connectivity index (χ4n) is 2.75. The predicted octanol–water partition coefficient (Wildman–Crippen LogP) is 3.34. The van der Waals surface area contributed by atoms with E-state index in [1.807, 2.05) is 6.92 Å². The highest BCUT2D eigenvalue weighted by molar-refractivity contribution is 5.95. The van der Waals surface area contributed by atoms with Crippen molar-refractivity contribution in [1.29, 1.82) is 0 Å². The van der Waals surface area contributed by atoms with Gasteiger partial charge in [0.15, 0.2) is 0 Å². The molecule has 0 saturated carbocycles. The molecule has 1 amide bonds. The summed E-state index contributed by atoms with van der Waals surface area (Å²) in [7, 11) is 0. The standard InChI is InChI=1S/C15H20F2N2O/c1-2-10-6-4-3-5-7-19(10)15(20)11-8-14(18)13(17)9-12(11)16/h8-10H,2-7,18H2,1H3. The molecule has 0 aromatic heterocycles. The van der Waals surface area contributed by atoms with E-state index in [9.17, 15) is 13.6 Å². The molecule has 1 aliphatic rings. The third kappa shape index (κ3) is 2.92. The number of carbonyl (C=O) groups is 1. The second-order valence-electron chi connectivity index (χ2n) is 5.26. The Kier molecular flexibility index (Phi) is 4.57. The molecule has 0 aliphatic carbocycles. The van der Waals surface area contributed by atoms with Crippen molar-refractivity contribution in [3.63, 3.8) is 0 Å². The average molecular weight is 282 g/mol. The molecule has 2 N–H and O–H groups in total. The molecule has 1 fully saturated rings. The highest BCUT2D eigenvalue weighted by Gasteiger charge is 2.27. The van der Waals surface area contributed by atoms with Crippen molar-refractivity contribution in [3.05, 3.63) is 29.3 Å². The van der Waals surface area contributed by atoms with Crippen LogP contribution in [0.3, 0.4) is 0 Å². The lowest BCUT2D eigenvalue weighted by Gasteiger charge is -2.29. The molecule has 0 radical (unpaired) electrons. The van der Waals surface area contributed by atoms with E-state index in [4.69, 9.17) is 5.73 Å². The fraction of sp³-hybridized carbons (Fsp3) is 0.533. The van der Waals surface area contributed by atoms with Gasteiger partial charge in [0, 0.05) is 18.7 Å². The Bertz CT molecular complexity index is 505. The second-order valence-corrected chi connectivity index (χ2v) is 5.26. The summed E-state index contributed by atoms with van der Waals surface area (Å²) in [5.41, 5.74) is 5.11. The van der Waals surface area contributed by atoms with Gasteiger partial charge >= 0.3 is 0 Å². The number of nitrogens with two attached hydrogens (primary N) is 1. The molecule has 0 spiro atoms. The summed E-state index contributed by atoms with van der Waals surface area (Å²) in [6.45, 7) is 2.64. The van der Waals surface area contributed by atoms with Gasteiger partial charge < -0.3 is 10.6 Å². The first-order valence-electron chi connectivity index (χ1n) is 7.10. The molecule has 20 heavy (non-hydrogen) atoms. The van der Waals surface area contributed by atoms with Crippen LogP contribution in [0.5, 0.6) is 0 Å². The maximum absolute atomic E-state index is 13.8. The van der Waals surface area contributed by atoms with Crippen LogP contribution in [0, 0.1) is 11.6 Å². The largest absolute Gasteiger partial charge is 0.396 e. The number of likely N-dealkylation sites (tertiary alicyclic amines) is 1. The van der Waals surface area contributed by atoms with Gasteiger partial charge in [-0.15, -0.1) is 0 Å². The first-order chi connectivity index (χ1) is 9.54. The number of hydrogen-bond donors (Lipinski definition) is 1. The average Bonchev–Trinajstić information content (AvgIpc) is 2.67. The number of anilines is 1. The van der Waals surface area contributed by atoms with Crippen LogP contribution in [0.2, 0.25) is 0 Å². The molecule has 5 heteroatoms. The molecule has 1 aromatic carbocycles. The van der Waals surface area contributed by atoms with Crippen LogP contribution in [0.4, 0.5) is 14.5 Å². The van der Waals surface area contributed by atoms with Gasteiger partial charge in [-0.3, -0.25) is 4.79 Å². The van der Waals surface area contributed by atoms with Gasteiger partial charge in [-0.25, -0.2) is 8.78 Å². The summed E-state index contributed by atoms with van der Waals surface area (Å²) in [6.07, 6.45) is 4.84. The molecule has 1 heterocycles. The van der Waals surface area contributed by atoms with Crippen LogP contribution >= 0.6 is 0 Å². The smallest absolute Gasteiger partial charge is 0.257 e. The Hall–Kier alpha value is -1.65. The monoisotopic (exact) mass is 282 g/mol. The summed E-state index contributed by atoms with van der Waals surface area (Å²) < 4.78 is 27.0. The van der Waals surface area contributed by atoms with Crippen molar-refractivity contribution < 1.29 is 13.6 Å². The number of halogens is 2. The Morgan fingerprint density at radius 2 is 2.05 bits per heavy atom. The van der Waals surface area contributed by atoms with Crippen molar-refractivity contribution >= 4 is 11.6 Å². The molecule has 1 saturated heterocycles. The summed E-state index contributed by atoms with van der Waals surface area (Å²) >= 11 is 0. The topological polar surface area (TPSA) is 46.3 Å². The maximum Gasteiger partial charge on any atom is 0.257 e. The zero-order valence-electron chi connectivity index (χ0n) is 11.7. The van der Waals surface area contributed by atoms with Crippen molar-refractivity contribution in [1.82, 2.24) is 4.90 Å². The first-order valence-corrected chi connectivity index (χ1v) is 7.10. The van der Waals surface area contributed by atoms with Gasteiger partial charge in [0.05, 0.1) is 11.3 Å². The third-order valence-corrected chi connectivity index (χ3v) is 3.93. The lowest BCUT2D eigenvalue weighted by Crippen LogP contribution is -2.40. The molecule has 2 rings (SSSR count). The Morgan fingerprint density at radius 3 is 2.75 bits per heavy atom. The zero-order valence-corrected chi connectivity index (χ0v) is 11.7. The van der Waals surface area contributed by atoms with E-state index < -0.39 is 11.6 Å². The summed E-state index contributed by atoms with van der Waals surface area (Å²) in [5, 5.41) is 0. The fourth-order valence-corrected chi connectivity index (χ4v) is 2.75. The minimum absolute atomic E-state index is 0.121. The highest BCUT2D eigenvalue weighted by atomic mass is 19.1. The Morgan fingerprint density at radius 1 is 1.30 bits per heavy atom. The lowest BCUT2D eigenvalue weighted by molar-refractivity contribution is 0.0673. The van der Waals surface area contributed by atoms with Gasteiger partial charge in [-0.2, -0.15) is 0 Å². The van der Waals surface area contributed by atoms with E-state index in [0.29, 0.717) is 12.6 Å². The minimum atomic E-state index is -0.846. The summed E-state index contributed by atoms with van der Waals surface area (Å²) in [5.74, 6) is -2.06. The molecule has 1 aliphatic heterocycles. The van der Waals surface area contributed by atoms with E-state index in [-0.39, 0.29) is 23.2 Å². The number of amides is 1. The van der Waals surface area contributed by atoms with Crippen LogP contribution in [0.1, 0.15) is 49.4 Å². The van der Waals surface area contributed by atoms with Crippen LogP contribution in [0.25, 0.3) is 0 Å². The van der Waals surface area contributed by atoms with Gasteiger partial charge in [0.1, 0.15) is 11.6 Å². The van der Waals surface area contributed by atoms with Crippen molar-refractivity contribution in [2.75, 3.05) is 12.3 Å². The van der Waals surface area contributed by atoms with E-state index in [1.165, 1.54) is 0 Å². The van der Waals surface area contributed by atoms with Gasteiger partial charge in [0.2, 0.25) is 0 Å². The van der Waals surface area contributed by atoms with Crippen LogP contribution in [0.15, 0.2) is 12.1 Å². The van der Waals surface area contributed by atoms with E-state index in [0.717, 1.165) is 38.2 Å². The van der Waals surface area contributed by atoms with E-state index in [2.05, 4.69) is 0 Å². The third-order valence-electron chi connectivity index (χ3n) is 3.93. The Labute approximate surface area is 117 Å². The highest BCUT2D eigenvalue weighted by Crippen LogP contribution is 2.24. The first kappa shape index (κ1) is 14.8. The second kappa shape index (κ2) is 6.20. The van der Waals surface area contributed by atoms with Gasteiger partial charge in [-0.05, 0) is 25.3 Å². The van der Waals surface area contributed by atoms with Crippen molar-refractivity contribution in [2.24, 2.45) is 0 Å². The number of rotatable bonds is 2. The van der Waals surface area contributed by atoms with Crippen LogP contribution in [-0.2, 0) is 0 Å². The minimum Gasteiger partial charge on any atom is -0.396 e. The molecule has 1 unspecified atom stereocenters. The van der Waals surface area contributed by atoms with Crippen LogP contribution < -0.4 is 5.73 Å². The quantitative estimate of drug-likeness (QED) is 0.846. The predicted molar refractivity (Wildman–Crippen MR) is 74.4 cm³/mol. The lowest BCUT2D eigenvalue weighted by atomic mass is 10.1. The van der Waals surface area contributed by atoms with E-state index in [1.54, 1.807) is 4.90 Å². The maximum atomic E-state index is 13.8. The van der Waals surface area contributed by atoms with Gasteiger partial charge in [-0.1, -0.05) is 19.8 Å². The van der Waals surface area contributed by atoms with Gasteiger partial charge in [0.25, 0.3) is 5.91 Å². The SMILES string of the molecule is CCC1CCCCCN1C(=O)c1cc(N)c(F)cc1F. The molecule has 110 valence electrons. The molecular weight excluding hydrogens is 262 g/mol. The summed E-state index contributed by atoms with van der Waals surface area (Å²) in [6, 6.07) is 1.90. The van der Waals surface area contributed by atoms with Crippen molar-refractivity contribution in [3.8, 4) is 0 Å². The zero-order chi connectivity index (χ0) is 14.7. The number of carbonyl (C=O) groups excluding carboxylic acids is 1. The van der Waals surface area contributed by atoms with Crippen molar-refractivity contribution in [2.45, 2.75) is 45.1 Å². The number of nitrogen functional groups attached to an aromatic ring is 1. The molecular formula is C15H20F2N2O. The number of hydrogen-bond acceptors (Lipinski definition) is 2. The molecule has 1 atom stereocenters.